The van der Waals surface area contributed by atoms with E-state index in [1.54, 1.807) is 4.90 Å². The maximum absolute atomic E-state index is 13.6. The van der Waals surface area contributed by atoms with Gasteiger partial charge in [-0.05, 0) is 39.3 Å². The van der Waals surface area contributed by atoms with Crippen molar-refractivity contribution in [2.24, 2.45) is 0 Å². The molecule has 1 N–H and O–H groups in total. The first-order chi connectivity index (χ1) is 18.3. The number of ether oxygens (including phenoxy) is 2. The Bertz CT molecular complexity index is 1260. The summed E-state index contributed by atoms with van der Waals surface area (Å²) >= 11 is 0. The van der Waals surface area contributed by atoms with Gasteiger partial charge in [-0.2, -0.15) is 0 Å². The van der Waals surface area contributed by atoms with Crippen LogP contribution in [0.4, 0.5) is 5.69 Å². The van der Waals surface area contributed by atoms with Crippen molar-refractivity contribution in [2.75, 3.05) is 37.9 Å². The minimum Gasteiger partial charge on any atom is -0.379 e. The number of carbonyl (C=O) groups excluding carboxylic acids is 2. The Labute approximate surface area is 224 Å². The van der Waals surface area contributed by atoms with Crippen molar-refractivity contribution < 1.29 is 19.1 Å². The zero-order valence-electron chi connectivity index (χ0n) is 22.7. The van der Waals surface area contributed by atoms with E-state index in [9.17, 15) is 9.59 Å². The Balaban J connectivity index is 1.54. The Morgan fingerprint density at radius 1 is 0.947 bits per heavy atom. The molecule has 2 aromatic carbocycles. The molecule has 1 aromatic heterocycles. The smallest absolute Gasteiger partial charge is 0.227 e. The summed E-state index contributed by atoms with van der Waals surface area (Å²) in [5.74, 6) is -0.293. The molecule has 202 valence electrons. The zero-order chi connectivity index (χ0) is 27.1. The summed E-state index contributed by atoms with van der Waals surface area (Å²) in [4.78, 5) is 27.8. The van der Waals surface area contributed by atoms with Crippen LogP contribution >= 0.6 is 0 Å². The third kappa shape index (κ3) is 6.28. The van der Waals surface area contributed by atoms with Crippen LogP contribution in [0.2, 0.25) is 0 Å². The third-order valence-electron chi connectivity index (χ3n) is 6.37. The van der Waals surface area contributed by atoms with E-state index in [1.807, 2.05) is 60.1 Å². The number of nitrogens with zero attached hydrogens (tertiary/aromatic N) is 4. The molecule has 0 saturated heterocycles. The van der Waals surface area contributed by atoms with Gasteiger partial charge >= 0.3 is 0 Å². The molecule has 0 fully saturated rings. The number of benzene rings is 2. The van der Waals surface area contributed by atoms with Crippen molar-refractivity contribution >= 4 is 17.5 Å². The fourth-order valence-corrected chi connectivity index (χ4v) is 4.52. The lowest BCUT2D eigenvalue weighted by atomic mass is 9.94. The largest absolute Gasteiger partial charge is 0.379 e. The van der Waals surface area contributed by atoms with Gasteiger partial charge in [0.2, 0.25) is 11.8 Å². The Kier molecular flexibility index (Phi) is 8.91. The van der Waals surface area contributed by atoms with Gasteiger partial charge in [-0.3, -0.25) is 9.59 Å². The topological polar surface area (TPSA) is 98.6 Å². The predicted molar refractivity (Wildman–Crippen MR) is 147 cm³/mol. The number of hydrogen-bond donors (Lipinski definition) is 1. The number of aromatic nitrogens is 3. The average Bonchev–Trinajstić information content (AvgIpc) is 3.34. The summed E-state index contributed by atoms with van der Waals surface area (Å²) in [5, 5.41) is 11.9. The summed E-state index contributed by atoms with van der Waals surface area (Å²) in [5.41, 5.74) is 4.96. The van der Waals surface area contributed by atoms with E-state index in [-0.39, 0.29) is 30.2 Å². The van der Waals surface area contributed by atoms with E-state index in [0.29, 0.717) is 39.5 Å². The number of amides is 2. The average molecular weight is 520 g/mol. The lowest BCUT2D eigenvalue weighted by Crippen LogP contribution is -2.34. The van der Waals surface area contributed by atoms with Crippen LogP contribution < -0.4 is 10.2 Å². The molecule has 38 heavy (non-hydrogen) atoms. The van der Waals surface area contributed by atoms with Gasteiger partial charge < -0.3 is 19.7 Å². The molecule has 0 spiro atoms. The molecular weight excluding hydrogens is 482 g/mol. The molecule has 1 aliphatic heterocycles. The summed E-state index contributed by atoms with van der Waals surface area (Å²) in [6.07, 6.45) is 0.196. The quantitative estimate of drug-likeness (QED) is 0.404. The van der Waals surface area contributed by atoms with E-state index < -0.39 is 0 Å². The fraction of sp³-hybridized carbons (Fsp3) is 0.448. The number of anilines is 1. The highest BCUT2D eigenvalue weighted by Gasteiger charge is 2.31. The van der Waals surface area contributed by atoms with E-state index in [4.69, 9.17) is 9.47 Å². The van der Waals surface area contributed by atoms with E-state index >= 15 is 0 Å². The SMILES string of the molecule is CCOCCOCCNC(=O)CCC(=O)N1Cc2ccccc2-c2nnn(C(C)(C)C)c2-c2ccccc21. The molecule has 0 unspecified atom stereocenters. The van der Waals surface area contributed by atoms with Gasteiger partial charge in [-0.1, -0.05) is 47.7 Å². The van der Waals surface area contributed by atoms with Gasteiger partial charge in [0.25, 0.3) is 0 Å². The summed E-state index contributed by atoms with van der Waals surface area (Å²) in [6.45, 7) is 11.0. The first-order valence-corrected chi connectivity index (χ1v) is 13.2. The predicted octanol–water partition coefficient (Wildman–Crippen LogP) is 4.16. The summed E-state index contributed by atoms with van der Waals surface area (Å²) in [7, 11) is 0. The van der Waals surface area contributed by atoms with Gasteiger partial charge in [-0.25, -0.2) is 4.68 Å². The lowest BCUT2D eigenvalue weighted by Gasteiger charge is -2.30. The molecular formula is C29H37N5O4. The third-order valence-corrected chi connectivity index (χ3v) is 6.37. The summed E-state index contributed by atoms with van der Waals surface area (Å²) < 4.78 is 12.6. The second-order valence-electron chi connectivity index (χ2n) is 10.2. The Hall–Kier alpha value is -3.56. The fourth-order valence-electron chi connectivity index (χ4n) is 4.52. The van der Waals surface area contributed by atoms with Crippen LogP contribution in [0.5, 0.6) is 0 Å². The van der Waals surface area contributed by atoms with Crippen molar-refractivity contribution in [3.05, 3.63) is 54.1 Å². The van der Waals surface area contributed by atoms with E-state index in [0.717, 1.165) is 33.8 Å². The second-order valence-corrected chi connectivity index (χ2v) is 10.2. The van der Waals surface area contributed by atoms with Gasteiger partial charge in [0, 0.05) is 37.1 Å². The van der Waals surface area contributed by atoms with Gasteiger partial charge in [0.05, 0.1) is 43.3 Å². The van der Waals surface area contributed by atoms with Crippen molar-refractivity contribution in [3.63, 3.8) is 0 Å². The molecule has 1 aliphatic rings. The molecule has 0 bridgehead atoms. The van der Waals surface area contributed by atoms with Crippen molar-refractivity contribution in [2.45, 2.75) is 52.6 Å². The number of carbonyl (C=O) groups is 2. The van der Waals surface area contributed by atoms with Crippen LogP contribution in [-0.2, 0) is 31.1 Å². The van der Waals surface area contributed by atoms with Crippen LogP contribution in [0.25, 0.3) is 22.5 Å². The maximum atomic E-state index is 13.6. The molecule has 9 heteroatoms. The molecule has 2 heterocycles. The first-order valence-electron chi connectivity index (χ1n) is 13.2. The molecule has 3 aromatic rings. The number of nitrogens with one attached hydrogen (secondary N) is 1. The Morgan fingerprint density at radius 2 is 1.66 bits per heavy atom. The minimum absolute atomic E-state index is 0.0944. The maximum Gasteiger partial charge on any atom is 0.227 e. The van der Waals surface area contributed by atoms with Crippen molar-refractivity contribution in [1.82, 2.24) is 20.3 Å². The molecule has 0 atom stereocenters. The minimum atomic E-state index is -0.318. The van der Waals surface area contributed by atoms with Crippen LogP contribution in [0.15, 0.2) is 48.5 Å². The van der Waals surface area contributed by atoms with E-state index in [2.05, 4.69) is 36.4 Å². The standard InChI is InChI=1S/C29H37N5O4/c1-5-37-18-19-38-17-16-30-25(35)14-15-26(36)33-20-21-10-6-7-11-22(21)27-28(23-12-8-9-13-24(23)33)34(32-31-27)29(2,3)4/h6-13H,5,14-20H2,1-4H3,(H,30,35). The summed E-state index contributed by atoms with van der Waals surface area (Å²) in [6, 6.07) is 15.8. The number of para-hydroxylation sites is 1. The van der Waals surface area contributed by atoms with Crippen LogP contribution in [0.1, 0.15) is 46.1 Å². The monoisotopic (exact) mass is 519 g/mol. The van der Waals surface area contributed by atoms with Crippen LogP contribution in [-0.4, -0.2) is 59.8 Å². The number of fused-ring (bicyclic) bond motifs is 5. The molecule has 4 rings (SSSR count). The molecule has 9 nitrogen and oxygen atoms in total. The highest BCUT2D eigenvalue weighted by atomic mass is 16.5. The van der Waals surface area contributed by atoms with Gasteiger partial charge in [-0.15, -0.1) is 5.10 Å². The highest BCUT2D eigenvalue weighted by molar-refractivity contribution is 6.01. The second kappa shape index (κ2) is 12.3. The molecule has 0 aliphatic carbocycles. The van der Waals surface area contributed by atoms with E-state index in [1.165, 1.54) is 0 Å². The molecule has 2 amide bonds. The van der Waals surface area contributed by atoms with Crippen molar-refractivity contribution in [3.8, 4) is 22.5 Å². The number of hydrogen-bond acceptors (Lipinski definition) is 6. The van der Waals surface area contributed by atoms with Gasteiger partial charge in [0.15, 0.2) is 0 Å². The van der Waals surface area contributed by atoms with Gasteiger partial charge in [0.1, 0.15) is 5.69 Å². The molecule has 0 radical (unpaired) electrons. The zero-order valence-corrected chi connectivity index (χ0v) is 22.7. The normalized spacial score (nSPS) is 12.7. The number of rotatable bonds is 10. The lowest BCUT2D eigenvalue weighted by molar-refractivity contribution is -0.125. The first kappa shape index (κ1) is 27.5. The van der Waals surface area contributed by atoms with Crippen LogP contribution in [0, 0.1) is 0 Å². The molecule has 0 saturated carbocycles. The highest BCUT2D eigenvalue weighted by Crippen LogP contribution is 2.42. The Morgan fingerprint density at radius 3 is 2.42 bits per heavy atom. The van der Waals surface area contributed by atoms with Crippen molar-refractivity contribution in [1.29, 1.82) is 0 Å². The van der Waals surface area contributed by atoms with Crippen LogP contribution in [0.3, 0.4) is 0 Å².